The summed E-state index contributed by atoms with van der Waals surface area (Å²) in [6.45, 7) is 9.51. The van der Waals surface area contributed by atoms with Crippen LogP contribution in [0.25, 0.3) is 0 Å². The number of benzene rings is 1. The molecule has 1 unspecified atom stereocenters. The van der Waals surface area contributed by atoms with Gasteiger partial charge in [-0.2, -0.15) is 0 Å². The first kappa shape index (κ1) is 14.9. The molecule has 1 aromatic carbocycles. The molecule has 0 aliphatic carbocycles. The number of likely N-dealkylation sites (N-methyl/N-ethyl adjacent to an activating group) is 1. The largest absolute Gasteiger partial charge is 0.465 e. The fourth-order valence-electron chi connectivity index (χ4n) is 2.43. The molecule has 0 amide bonds. The molecule has 0 aliphatic rings. The summed E-state index contributed by atoms with van der Waals surface area (Å²) in [5.74, 6) is 2.58. The Morgan fingerprint density at radius 3 is 2.25 bits per heavy atom. The molecule has 1 N–H and O–H groups in total. The Kier molecular flexibility index (Phi) is 5.02. The lowest BCUT2D eigenvalue weighted by Crippen LogP contribution is -2.22. The van der Waals surface area contributed by atoms with Crippen LogP contribution in [0.15, 0.2) is 40.8 Å². The fourth-order valence-corrected chi connectivity index (χ4v) is 2.43. The number of rotatable bonds is 6. The molecule has 1 aromatic heterocycles. The third kappa shape index (κ3) is 3.73. The molecule has 0 fully saturated rings. The van der Waals surface area contributed by atoms with Gasteiger partial charge in [0.05, 0.1) is 6.04 Å². The molecule has 1 atom stereocenters. The van der Waals surface area contributed by atoms with E-state index < -0.39 is 0 Å². The van der Waals surface area contributed by atoms with Gasteiger partial charge in [0.25, 0.3) is 0 Å². The van der Waals surface area contributed by atoms with Gasteiger partial charge in [-0.05, 0) is 49.1 Å². The lowest BCUT2D eigenvalue weighted by atomic mass is 9.98. The number of hydrogen-bond acceptors (Lipinski definition) is 2. The number of hydrogen-bond donors (Lipinski definition) is 1. The first-order chi connectivity index (χ1) is 9.60. The first-order valence-corrected chi connectivity index (χ1v) is 7.48. The average Bonchev–Trinajstić information content (AvgIpc) is 2.85. The second-order valence-corrected chi connectivity index (χ2v) is 5.66. The molecule has 0 spiro atoms. The van der Waals surface area contributed by atoms with E-state index in [9.17, 15) is 0 Å². The van der Waals surface area contributed by atoms with Gasteiger partial charge in [0.2, 0.25) is 0 Å². The summed E-state index contributed by atoms with van der Waals surface area (Å²) in [5.41, 5.74) is 2.73. The third-order valence-electron chi connectivity index (χ3n) is 3.64. The lowest BCUT2D eigenvalue weighted by Gasteiger charge is -2.16. The zero-order chi connectivity index (χ0) is 14.5. The second-order valence-electron chi connectivity index (χ2n) is 5.66. The van der Waals surface area contributed by atoms with Gasteiger partial charge >= 0.3 is 0 Å². The number of nitrogens with one attached hydrogen (secondary N) is 1. The predicted molar refractivity (Wildman–Crippen MR) is 84.1 cm³/mol. The van der Waals surface area contributed by atoms with E-state index in [1.54, 1.807) is 0 Å². The highest BCUT2D eigenvalue weighted by Gasteiger charge is 2.14. The van der Waals surface area contributed by atoms with Crippen molar-refractivity contribution in [2.75, 3.05) is 6.54 Å². The van der Waals surface area contributed by atoms with Gasteiger partial charge in [-0.1, -0.05) is 45.0 Å². The van der Waals surface area contributed by atoms with Crippen molar-refractivity contribution < 1.29 is 4.42 Å². The third-order valence-corrected chi connectivity index (χ3v) is 3.64. The Morgan fingerprint density at radius 1 is 1.05 bits per heavy atom. The predicted octanol–water partition coefficient (Wildman–Crippen LogP) is 4.60. The molecule has 0 bridgehead atoms. The van der Waals surface area contributed by atoms with E-state index in [0.29, 0.717) is 5.92 Å². The van der Waals surface area contributed by atoms with Crippen molar-refractivity contribution in [3.05, 3.63) is 59.0 Å². The molecule has 2 aromatic rings. The van der Waals surface area contributed by atoms with Crippen LogP contribution in [0.2, 0.25) is 0 Å². The molecular weight excluding hydrogens is 246 g/mol. The molecule has 0 saturated heterocycles. The lowest BCUT2D eigenvalue weighted by molar-refractivity contribution is 0.403. The van der Waals surface area contributed by atoms with Crippen molar-refractivity contribution >= 4 is 0 Å². The number of furan rings is 1. The maximum Gasteiger partial charge on any atom is 0.121 e. The summed E-state index contributed by atoms with van der Waals surface area (Å²) in [6, 6.07) is 13.3. The Labute approximate surface area is 122 Å². The van der Waals surface area contributed by atoms with E-state index in [1.807, 2.05) is 13.0 Å². The van der Waals surface area contributed by atoms with Crippen LogP contribution < -0.4 is 5.32 Å². The molecule has 20 heavy (non-hydrogen) atoms. The van der Waals surface area contributed by atoms with Crippen LogP contribution in [0.5, 0.6) is 0 Å². The van der Waals surface area contributed by atoms with Crippen LogP contribution in [-0.2, 0) is 6.42 Å². The highest BCUT2D eigenvalue weighted by Crippen LogP contribution is 2.22. The quantitative estimate of drug-likeness (QED) is 0.830. The van der Waals surface area contributed by atoms with E-state index in [-0.39, 0.29) is 6.04 Å². The summed E-state index contributed by atoms with van der Waals surface area (Å²) in [7, 11) is 0. The maximum atomic E-state index is 5.77. The van der Waals surface area contributed by atoms with Crippen molar-refractivity contribution in [3.8, 4) is 0 Å². The van der Waals surface area contributed by atoms with Crippen LogP contribution in [0.3, 0.4) is 0 Å². The molecular formula is C18H25NO. The summed E-state index contributed by atoms with van der Waals surface area (Å²) >= 11 is 0. The minimum atomic E-state index is 0.249. The Morgan fingerprint density at radius 2 is 1.75 bits per heavy atom. The van der Waals surface area contributed by atoms with Gasteiger partial charge < -0.3 is 9.73 Å². The minimum Gasteiger partial charge on any atom is -0.465 e. The van der Waals surface area contributed by atoms with Crippen LogP contribution in [0, 0.1) is 6.92 Å². The van der Waals surface area contributed by atoms with Crippen molar-refractivity contribution in [2.45, 2.75) is 46.1 Å². The zero-order valence-corrected chi connectivity index (χ0v) is 12.9. The second kappa shape index (κ2) is 6.76. The molecule has 2 nitrogen and oxygen atoms in total. The van der Waals surface area contributed by atoms with E-state index >= 15 is 0 Å². The SMILES string of the molecule is CCNC(Cc1ccc(C(C)C)cc1)c1ccc(C)o1. The smallest absolute Gasteiger partial charge is 0.121 e. The highest BCUT2D eigenvalue weighted by atomic mass is 16.3. The molecule has 0 radical (unpaired) electrons. The van der Waals surface area contributed by atoms with E-state index in [2.05, 4.69) is 56.4 Å². The minimum absolute atomic E-state index is 0.249. The summed E-state index contributed by atoms with van der Waals surface area (Å²) < 4.78 is 5.77. The van der Waals surface area contributed by atoms with Gasteiger partial charge in [-0.15, -0.1) is 0 Å². The van der Waals surface area contributed by atoms with E-state index in [1.165, 1.54) is 11.1 Å². The monoisotopic (exact) mass is 271 g/mol. The number of aryl methyl sites for hydroxylation is 1. The topological polar surface area (TPSA) is 25.2 Å². The van der Waals surface area contributed by atoms with Gasteiger partial charge in [-0.25, -0.2) is 0 Å². The van der Waals surface area contributed by atoms with Crippen LogP contribution in [-0.4, -0.2) is 6.54 Å². The average molecular weight is 271 g/mol. The van der Waals surface area contributed by atoms with Crippen LogP contribution in [0.1, 0.15) is 55.4 Å². The Bertz CT molecular complexity index is 525. The Hall–Kier alpha value is -1.54. The van der Waals surface area contributed by atoms with Crippen LogP contribution >= 0.6 is 0 Å². The molecule has 2 heteroatoms. The normalized spacial score (nSPS) is 12.8. The van der Waals surface area contributed by atoms with Crippen molar-refractivity contribution in [1.29, 1.82) is 0 Å². The van der Waals surface area contributed by atoms with Crippen molar-refractivity contribution in [3.63, 3.8) is 0 Å². The standard InChI is InChI=1S/C18H25NO/c1-5-19-17(18-11-6-14(4)20-18)12-15-7-9-16(10-8-15)13(2)3/h6-11,13,17,19H,5,12H2,1-4H3. The van der Waals surface area contributed by atoms with Gasteiger partial charge in [0, 0.05) is 0 Å². The molecule has 2 rings (SSSR count). The molecule has 1 heterocycles. The van der Waals surface area contributed by atoms with Gasteiger partial charge in [0.1, 0.15) is 11.5 Å². The van der Waals surface area contributed by atoms with Crippen LogP contribution in [0.4, 0.5) is 0 Å². The van der Waals surface area contributed by atoms with Crippen molar-refractivity contribution in [1.82, 2.24) is 5.32 Å². The molecule has 0 saturated carbocycles. The summed E-state index contributed by atoms with van der Waals surface area (Å²) in [5, 5.41) is 3.50. The van der Waals surface area contributed by atoms with Crippen molar-refractivity contribution in [2.24, 2.45) is 0 Å². The van der Waals surface area contributed by atoms with E-state index in [4.69, 9.17) is 4.42 Å². The summed E-state index contributed by atoms with van der Waals surface area (Å²) in [4.78, 5) is 0. The molecule has 0 aliphatic heterocycles. The zero-order valence-electron chi connectivity index (χ0n) is 12.9. The first-order valence-electron chi connectivity index (χ1n) is 7.48. The van der Waals surface area contributed by atoms with E-state index in [0.717, 1.165) is 24.5 Å². The summed E-state index contributed by atoms with van der Waals surface area (Å²) in [6.07, 6.45) is 0.958. The van der Waals surface area contributed by atoms with Gasteiger partial charge in [-0.3, -0.25) is 0 Å². The molecule has 108 valence electrons. The Balaban J connectivity index is 2.11. The highest BCUT2D eigenvalue weighted by molar-refractivity contribution is 5.26. The maximum absolute atomic E-state index is 5.77. The fraction of sp³-hybridized carbons (Fsp3) is 0.444. The van der Waals surface area contributed by atoms with Gasteiger partial charge in [0.15, 0.2) is 0 Å².